The van der Waals surface area contributed by atoms with E-state index in [0.717, 1.165) is 37.6 Å². The monoisotopic (exact) mass is 505 g/mol. The Bertz CT molecular complexity index is 619. The number of hydrogen-bond acceptors (Lipinski definition) is 4. The van der Waals surface area contributed by atoms with Gasteiger partial charge in [0.25, 0.3) is 5.91 Å². The third kappa shape index (κ3) is 7.27. The molecule has 28 heavy (non-hydrogen) atoms. The fraction of sp³-hybridized carbons (Fsp3) is 0.700. The van der Waals surface area contributed by atoms with Crippen LogP contribution in [0.4, 0.5) is 0 Å². The maximum atomic E-state index is 12.0. The van der Waals surface area contributed by atoms with E-state index < -0.39 is 0 Å². The van der Waals surface area contributed by atoms with Gasteiger partial charge in [0.1, 0.15) is 0 Å². The molecule has 1 amide bonds. The lowest BCUT2D eigenvalue weighted by atomic mass is 10.2. The third-order valence-electron chi connectivity index (χ3n) is 5.04. The van der Waals surface area contributed by atoms with Gasteiger partial charge in [-0.05, 0) is 52.3 Å². The first-order valence-electron chi connectivity index (χ1n) is 10.1. The Morgan fingerprint density at radius 2 is 2.18 bits per heavy atom. The van der Waals surface area contributed by atoms with Crippen molar-refractivity contribution in [3.05, 3.63) is 23.7 Å². The van der Waals surface area contributed by atoms with E-state index in [2.05, 4.69) is 41.3 Å². The standard InChI is InChI=1S/C20H35N5O2.HI/c1-5-21-20(24(4)15-17-9-7-13-25(17)6-2)23-12-8-11-22-19(26)18-16(3)10-14-27-18;/h10,14,17H,5-9,11-13,15H2,1-4H3,(H,21,23)(H,22,26);1H. The number of hydrogen-bond donors (Lipinski definition) is 2. The van der Waals surface area contributed by atoms with Crippen LogP contribution in [-0.4, -0.2) is 74.0 Å². The summed E-state index contributed by atoms with van der Waals surface area (Å²) < 4.78 is 5.21. The van der Waals surface area contributed by atoms with Gasteiger partial charge in [-0.25, -0.2) is 0 Å². The molecule has 2 heterocycles. The Balaban J connectivity index is 0.00000392. The number of nitrogens with one attached hydrogen (secondary N) is 2. The Hall–Kier alpha value is -1.29. The van der Waals surface area contributed by atoms with E-state index in [4.69, 9.17) is 9.41 Å². The highest BCUT2D eigenvalue weighted by Gasteiger charge is 2.24. The number of aryl methyl sites for hydroxylation is 1. The van der Waals surface area contributed by atoms with E-state index in [1.807, 2.05) is 6.92 Å². The molecule has 7 nitrogen and oxygen atoms in total. The Labute approximate surface area is 186 Å². The number of likely N-dealkylation sites (tertiary alicyclic amines) is 1. The van der Waals surface area contributed by atoms with Gasteiger partial charge in [0.2, 0.25) is 0 Å². The number of amides is 1. The lowest BCUT2D eigenvalue weighted by molar-refractivity contribution is 0.0925. The Kier molecular flexibility index (Phi) is 11.5. The van der Waals surface area contributed by atoms with Crippen LogP contribution in [0.25, 0.3) is 0 Å². The minimum absolute atomic E-state index is 0. The molecule has 0 radical (unpaired) electrons. The highest BCUT2D eigenvalue weighted by Crippen LogP contribution is 2.17. The van der Waals surface area contributed by atoms with Crippen molar-refractivity contribution in [2.45, 2.75) is 46.1 Å². The molecule has 1 unspecified atom stereocenters. The Morgan fingerprint density at radius 3 is 2.82 bits per heavy atom. The average Bonchev–Trinajstić information content (AvgIpc) is 3.28. The van der Waals surface area contributed by atoms with E-state index in [-0.39, 0.29) is 29.9 Å². The first kappa shape index (κ1) is 24.7. The first-order chi connectivity index (χ1) is 13.1. The van der Waals surface area contributed by atoms with Crippen molar-refractivity contribution in [3.8, 4) is 0 Å². The van der Waals surface area contributed by atoms with E-state index in [1.165, 1.54) is 25.6 Å². The summed E-state index contributed by atoms with van der Waals surface area (Å²) in [5, 5.41) is 6.26. The van der Waals surface area contributed by atoms with Gasteiger partial charge in [-0.3, -0.25) is 14.7 Å². The van der Waals surface area contributed by atoms with Crippen molar-refractivity contribution in [1.82, 2.24) is 20.4 Å². The van der Waals surface area contributed by atoms with Crippen LogP contribution in [-0.2, 0) is 0 Å². The normalized spacial score (nSPS) is 17.3. The minimum atomic E-state index is -0.161. The second-order valence-corrected chi connectivity index (χ2v) is 7.08. The van der Waals surface area contributed by atoms with Crippen LogP contribution >= 0.6 is 24.0 Å². The molecule has 1 aromatic heterocycles. The molecule has 2 rings (SSSR count). The van der Waals surface area contributed by atoms with Crippen LogP contribution in [0, 0.1) is 6.92 Å². The maximum Gasteiger partial charge on any atom is 0.287 e. The highest BCUT2D eigenvalue weighted by molar-refractivity contribution is 14.0. The maximum absolute atomic E-state index is 12.0. The van der Waals surface area contributed by atoms with Crippen LogP contribution in [0.15, 0.2) is 21.7 Å². The number of nitrogens with zero attached hydrogens (tertiary/aromatic N) is 3. The van der Waals surface area contributed by atoms with Crippen molar-refractivity contribution in [1.29, 1.82) is 0 Å². The van der Waals surface area contributed by atoms with E-state index in [9.17, 15) is 4.79 Å². The number of carbonyl (C=O) groups is 1. The minimum Gasteiger partial charge on any atom is -0.459 e. The van der Waals surface area contributed by atoms with Crippen molar-refractivity contribution in [3.63, 3.8) is 0 Å². The molecule has 0 spiro atoms. The van der Waals surface area contributed by atoms with E-state index >= 15 is 0 Å². The second kappa shape index (κ2) is 13.0. The van der Waals surface area contributed by atoms with Gasteiger partial charge in [0.05, 0.1) is 6.26 Å². The van der Waals surface area contributed by atoms with Crippen molar-refractivity contribution in [2.75, 3.05) is 46.3 Å². The largest absolute Gasteiger partial charge is 0.459 e. The molecule has 1 atom stereocenters. The zero-order valence-electron chi connectivity index (χ0n) is 17.7. The van der Waals surface area contributed by atoms with Crippen LogP contribution < -0.4 is 10.6 Å². The van der Waals surface area contributed by atoms with Gasteiger partial charge in [0.15, 0.2) is 11.7 Å². The van der Waals surface area contributed by atoms with Gasteiger partial charge in [0, 0.05) is 44.8 Å². The summed E-state index contributed by atoms with van der Waals surface area (Å²) in [4.78, 5) is 21.5. The number of guanidine groups is 1. The number of aliphatic imine (C=N–C) groups is 1. The molecule has 1 fully saturated rings. The second-order valence-electron chi connectivity index (χ2n) is 7.08. The quantitative estimate of drug-likeness (QED) is 0.234. The molecule has 1 saturated heterocycles. The molecule has 0 bridgehead atoms. The molecule has 0 aliphatic carbocycles. The fourth-order valence-corrected chi connectivity index (χ4v) is 3.54. The number of halogens is 1. The first-order valence-corrected chi connectivity index (χ1v) is 10.1. The topological polar surface area (TPSA) is 73.1 Å². The van der Waals surface area contributed by atoms with Crippen LogP contribution in [0.1, 0.15) is 49.2 Å². The van der Waals surface area contributed by atoms with E-state index in [0.29, 0.717) is 24.9 Å². The molecule has 8 heteroatoms. The van der Waals surface area contributed by atoms with Gasteiger partial charge in [-0.2, -0.15) is 0 Å². The summed E-state index contributed by atoms with van der Waals surface area (Å²) in [5.74, 6) is 1.17. The lowest BCUT2D eigenvalue weighted by Crippen LogP contribution is -2.46. The van der Waals surface area contributed by atoms with Gasteiger partial charge >= 0.3 is 0 Å². The molecule has 1 aromatic rings. The summed E-state index contributed by atoms with van der Waals surface area (Å²) in [6.45, 7) is 11.6. The molecule has 1 aliphatic rings. The summed E-state index contributed by atoms with van der Waals surface area (Å²) >= 11 is 0. The molecule has 0 aromatic carbocycles. The number of rotatable bonds is 9. The molecular formula is C20H36IN5O2. The zero-order valence-corrected chi connectivity index (χ0v) is 20.0. The van der Waals surface area contributed by atoms with E-state index in [1.54, 1.807) is 6.07 Å². The molecule has 0 saturated carbocycles. The lowest BCUT2D eigenvalue weighted by Gasteiger charge is -2.29. The smallest absolute Gasteiger partial charge is 0.287 e. The highest BCUT2D eigenvalue weighted by atomic mass is 127. The van der Waals surface area contributed by atoms with Crippen molar-refractivity contribution in [2.24, 2.45) is 4.99 Å². The van der Waals surface area contributed by atoms with Crippen molar-refractivity contribution >= 4 is 35.8 Å². The summed E-state index contributed by atoms with van der Waals surface area (Å²) in [5.41, 5.74) is 0.856. The van der Waals surface area contributed by atoms with Crippen LogP contribution in [0.3, 0.4) is 0 Å². The molecule has 160 valence electrons. The van der Waals surface area contributed by atoms with Gasteiger partial charge < -0.3 is 20.0 Å². The summed E-state index contributed by atoms with van der Waals surface area (Å²) in [6.07, 6.45) is 4.88. The zero-order chi connectivity index (χ0) is 19.6. The number of carbonyl (C=O) groups excluding carboxylic acids is 1. The predicted octanol–water partition coefficient (Wildman–Crippen LogP) is 2.71. The number of likely N-dealkylation sites (N-methyl/N-ethyl adjacent to an activating group) is 2. The fourth-order valence-electron chi connectivity index (χ4n) is 3.54. The number of furan rings is 1. The molecular weight excluding hydrogens is 469 g/mol. The van der Waals surface area contributed by atoms with Crippen LogP contribution in [0.2, 0.25) is 0 Å². The van der Waals surface area contributed by atoms with Gasteiger partial charge in [-0.15, -0.1) is 24.0 Å². The summed E-state index contributed by atoms with van der Waals surface area (Å²) in [6, 6.07) is 2.40. The van der Waals surface area contributed by atoms with Gasteiger partial charge in [-0.1, -0.05) is 6.92 Å². The SMILES string of the molecule is CCNC(=NCCCNC(=O)c1occc1C)N(C)CC1CCCN1CC.I. The predicted molar refractivity (Wildman–Crippen MR) is 125 cm³/mol. The average molecular weight is 505 g/mol. The molecule has 1 aliphatic heterocycles. The van der Waals surface area contributed by atoms with Crippen molar-refractivity contribution < 1.29 is 9.21 Å². The third-order valence-corrected chi connectivity index (χ3v) is 5.04. The molecule has 2 N–H and O–H groups in total. The Morgan fingerprint density at radius 1 is 1.39 bits per heavy atom. The van der Waals surface area contributed by atoms with Crippen LogP contribution in [0.5, 0.6) is 0 Å². The summed E-state index contributed by atoms with van der Waals surface area (Å²) in [7, 11) is 2.11.